The second-order valence-corrected chi connectivity index (χ2v) is 8.23. The smallest absolute Gasteiger partial charge is 0.257 e. The lowest BCUT2D eigenvalue weighted by Gasteiger charge is -2.33. The third-order valence-corrected chi connectivity index (χ3v) is 5.40. The molecule has 2 aromatic heterocycles. The van der Waals surface area contributed by atoms with Crippen molar-refractivity contribution in [2.24, 2.45) is 5.92 Å². The third-order valence-electron chi connectivity index (χ3n) is 5.40. The van der Waals surface area contributed by atoms with Crippen LogP contribution in [0.3, 0.4) is 0 Å². The molecule has 0 radical (unpaired) electrons. The van der Waals surface area contributed by atoms with Crippen LogP contribution in [-0.2, 0) is 4.74 Å². The van der Waals surface area contributed by atoms with Gasteiger partial charge in [-0.25, -0.2) is 4.98 Å². The lowest BCUT2D eigenvalue weighted by atomic mass is 10.0. The quantitative estimate of drug-likeness (QED) is 0.660. The zero-order valence-corrected chi connectivity index (χ0v) is 18.0. The number of hydrogen-bond acceptors (Lipinski definition) is 5. The standard InChI is InChI=1S/C23H27N5O3/c1-14(2)11-24-22(29)17-10-20(26-19-7-5-4-6-16(17)19)21-13-28(8-9-31-21)23(30)18-12-25-27-15(18)3/h4-7,10,12,14,21H,8-9,11,13H2,1-3H3,(H,24,29)(H,25,27)/t21-/m1/s1. The lowest BCUT2D eigenvalue weighted by molar-refractivity contribution is -0.0246. The van der Waals surface area contributed by atoms with Gasteiger partial charge in [0.25, 0.3) is 11.8 Å². The summed E-state index contributed by atoms with van der Waals surface area (Å²) >= 11 is 0. The van der Waals surface area contributed by atoms with Gasteiger partial charge in [0.15, 0.2) is 0 Å². The van der Waals surface area contributed by atoms with Crippen molar-refractivity contribution >= 4 is 22.7 Å². The maximum atomic E-state index is 12.9. The monoisotopic (exact) mass is 421 g/mol. The SMILES string of the molecule is Cc1[nH]ncc1C(=O)N1CCO[C@@H](c2cc(C(=O)NCC(C)C)c3ccccc3n2)C1. The van der Waals surface area contributed by atoms with E-state index in [2.05, 4.69) is 29.4 Å². The fourth-order valence-electron chi connectivity index (χ4n) is 3.69. The van der Waals surface area contributed by atoms with E-state index < -0.39 is 6.10 Å². The molecule has 0 spiro atoms. The highest BCUT2D eigenvalue weighted by molar-refractivity contribution is 6.06. The van der Waals surface area contributed by atoms with Gasteiger partial charge in [-0.3, -0.25) is 14.7 Å². The molecule has 4 rings (SSSR count). The predicted molar refractivity (Wildman–Crippen MR) is 117 cm³/mol. The summed E-state index contributed by atoms with van der Waals surface area (Å²) < 4.78 is 5.96. The van der Waals surface area contributed by atoms with Crippen molar-refractivity contribution in [2.75, 3.05) is 26.2 Å². The average molecular weight is 422 g/mol. The Balaban J connectivity index is 1.63. The van der Waals surface area contributed by atoms with Crippen LogP contribution in [0.5, 0.6) is 0 Å². The number of rotatable bonds is 5. The van der Waals surface area contributed by atoms with Gasteiger partial charge in [0.05, 0.1) is 41.7 Å². The molecule has 0 bridgehead atoms. The van der Waals surface area contributed by atoms with E-state index in [0.717, 1.165) is 16.6 Å². The number of nitrogens with one attached hydrogen (secondary N) is 2. The zero-order chi connectivity index (χ0) is 22.0. The van der Waals surface area contributed by atoms with Crippen LogP contribution in [-0.4, -0.2) is 58.1 Å². The second-order valence-electron chi connectivity index (χ2n) is 8.23. The Bertz CT molecular complexity index is 1110. The summed E-state index contributed by atoms with van der Waals surface area (Å²) in [4.78, 5) is 32.3. The Kier molecular flexibility index (Phi) is 5.99. The first-order valence-electron chi connectivity index (χ1n) is 10.5. The molecule has 2 N–H and O–H groups in total. The van der Waals surface area contributed by atoms with Crippen LogP contribution in [0, 0.1) is 12.8 Å². The van der Waals surface area contributed by atoms with Crippen molar-refractivity contribution in [3.8, 4) is 0 Å². The van der Waals surface area contributed by atoms with Crippen LogP contribution in [0.2, 0.25) is 0 Å². The van der Waals surface area contributed by atoms with E-state index in [4.69, 9.17) is 9.72 Å². The van der Waals surface area contributed by atoms with Gasteiger partial charge in [0.1, 0.15) is 6.10 Å². The summed E-state index contributed by atoms with van der Waals surface area (Å²) in [6.45, 7) is 7.79. The maximum absolute atomic E-state index is 12.9. The van der Waals surface area contributed by atoms with E-state index in [0.29, 0.717) is 49.0 Å². The zero-order valence-electron chi connectivity index (χ0n) is 18.0. The topological polar surface area (TPSA) is 100 Å². The van der Waals surface area contributed by atoms with Crippen molar-refractivity contribution in [1.82, 2.24) is 25.4 Å². The Morgan fingerprint density at radius 3 is 2.84 bits per heavy atom. The molecule has 1 fully saturated rings. The van der Waals surface area contributed by atoms with Gasteiger partial charge in [-0.15, -0.1) is 0 Å². The number of carbonyl (C=O) groups excluding carboxylic acids is 2. The van der Waals surface area contributed by atoms with Crippen LogP contribution in [0.15, 0.2) is 36.5 Å². The number of H-pyrrole nitrogens is 1. The molecule has 162 valence electrons. The normalized spacial score (nSPS) is 16.6. The highest BCUT2D eigenvalue weighted by Gasteiger charge is 2.29. The second kappa shape index (κ2) is 8.85. The number of carbonyl (C=O) groups is 2. The molecule has 1 atom stereocenters. The number of aromatic nitrogens is 3. The first-order chi connectivity index (χ1) is 14.9. The Morgan fingerprint density at radius 2 is 2.10 bits per heavy atom. The van der Waals surface area contributed by atoms with E-state index in [1.54, 1.807) is 17.2 Å². The minimum absolute atomic E-state index is 0.0877. The Labute approximate surface area is 181 Å². The molecule has 8 heteroatoms. The summed E-state index contributed by atoms with van der Waals surface area (Å²) in [6, 6.07) is 9.37. The van der Waals surface area contributed by atoms with Crippen molar-refractivity contribution in [1.29, 1.82) is 0 Å². The summed E-state index contributed by atoms with van der Waals surface area (Å²) in [6.07, 6.45) is 1.14. The number of aryl methyl sites for hydroxylation is 1. The van der Waals surface area contributed by atoms with E-state index >= 15 is 0 Å². The molecular formula is C23H27N5O3. The summed E-state index contributed by atoms with van der Waals surface area (Å²) in [5, 5.41) is 10.5. The number of hydrogen-bond donors (Lipinski definition) is 2. The molecule has 1 aromatic carbocycles. The van der Waals surface area contributed by atoms with Gasteiger partial charge < -0.3 is 15.0 Å². The predicted octanol–water partition coefficient (Wildman–Crippen LogP) is 2.87. The van der Waals surface area contributed by atoms with Gasteiger partial charge >= 0.3 is 0 Å². The van der Waals surface area contributed by atoms with Crippen LogP contribution < -0.4 is 5.32 Å². The Hall–Kier alpha value is -3.26. The first-order valence-corrected chi connectivity index (χ1v) is 10.5. The lowest BCUT2D eigenvalue weighted by Crippen LogP contribution is -2.42. The minimum Gasteiger partial charge on any atom is -0.368 e. The van der Waals surface area contributed by atoms with Gasteiger partial charge in [-0.1, -0.05) is 32.0 Å². The molecule has 1 saturated heterocycles. The number of morpholine rings is 1. The maximum Gasteiger partial charge on any atom is 0.257 e. The number of ether oxygens (including phenoxy) is 1. The summed E-state index contributed by atoms with van der Waals surface area (Å²) in [7, 11) is 0. The molecule has 0 saturated carbocycles. The van der Waals surface area contributed by atoms with E-state index in [1.807, 2.05) is 31.2 Å². The summed E-state index contributed by atoms with van der Waals surface area (Å²) in [5.74, 6) is 0.130. The van der Waals surface area contributed by atoms with Crippen LogP contribution in [0.25, 0.3) is 10.9 Å². The number of aromatic amines is 1. The minimum atomic E-state index is -0.411. The van der Waals surface area contributed by atoms with Crippen molar-refractivity contribution in [3.05, 3.63) is 59.0 Å². The van der Waals surface area contributed by atoms with E-state index in [1.165, 1.54) is 0 Å². The van der Waals surface area contributed by atoms with Crippen LogP contribution in [0.1, 0.15) is 52.1 Å². The van der Waals surface area contributed by atoms with Gasteiger partial charge in [-0.2, -0.15) is 5.10 Å². The molecule has 1 aliphatic rings. The molecule has 1 aliphatic heterocycles. The number of amides is 2. The molecule has 2 amide bonds. The largest absolute Gasteiger partial charge is 0.368 e. The van der Waals surface area contributed by atoms with E-state index in [9.17, 15) is 9.59 Å². The molecule has 31 heavy (non-hydrogen) atoms. The molecule has 3 heterocycles. The van der Waals surface area contributed by atoms with Gasteiger partial charge in [0.2, 0.25) is 0 Å². The highest BCUT2D eigenvalue weighted by Crippen LogP contribution is 2.27. The fraction of sp³-hybridized carbons (Fsp3) is 0.391. The first kappa shape index (κ1) is 21.0. The van der Waals surface area contributed by atoms with Crippen molar-refractivity contribution < 1.29 is 14.3 Å². The fourth-order valence-corrected chi connectivity index (χ4v) is 3.69. The Morgan fingerprint density at radius 1 is 1.29 bits per heavy atom. The van der Waals surface area contributed by atoms with Gasteiger partial charge in [0, 0.05) is 24.2 Å². The molecule has 0 aliphatic carbocycles. The van der Waals surface area contributed by atoms with Crippen LogP contribution >= 0.6 is 0 Å². The number of fused-ring (bicyclic) bond motifs is 1. The van der Waals surface area contributed by atoms with Gasteiger partial charge in [-0.05, 0) is 25.0 Å². The average Bonchev–Trinajstić information content (AvgIpc) is 3.22. The molecule has 3 aromatic rings. The number of pyridine rings is 1. The molecular weight excluding hydrogens is 394 g/mol. The molecule has 0 unspecified atom stereocenters. The summed E-state index contributed by atoms with van der Waals surface area (Å²) in [5.41, 5.74) is 3.24. The highest BCUT2D eigenvalue weighted by atomic mass is 16.5. The number of para-hydroxylation sites is 1. The third kappa shape index (κ3) is 4.44. The van der Waals surface area contributed by atoms with Crippen molar-refractivity contribution in [2.45, 2.75) is 26.9 Å². The van der Waals surface area contributed by atoms with Crippen LogP contribution in [0.4, 0.5) is 0 Å². The number of benzene rings is 1. The molecule has 8 nitrogen and oxygen atoms in total. The number of nitrogens with zero attached hydrogens (tertiary/aromatic N) is 3. The van der Waals surface area contributed by atoms with E-state index in [-0.39, 0.29) is 11.8 Å². The van der Waals surface area contributed by atoms with Crippen molar-refractivity contribution in [3.63, 3.8) is 0 Å².